The maximum absolute atomic E-state index is 14.7. The predicted octanol–water partition coefficient (Wildman–Crippen LogP) is 3.73. The molecule has 2 N–H and O–H groups in total. The monoisotopic (exact) mass is 483 g/mol. The average Bonchev–Trinajstić information content (AvgIpc) is 3.17. The number of carbonyl (C=O) groups excluding carboxylic acids is 1. The number of fused-ring (bicyclic) bond motifs is 2. The van der Waals surface area contributed by atoms with E-state index in [0.717, 1.165) is 41.0 Å². The number of amides is 1. The topological polar surface area (TPSA) is 77.1 Å². The summed E-state index contributed by atoms with van der Waals surface area (Å²) in [6, 6.07) is 4.58. The molecule has 0 fully saturated rings. The molecule has 0 unspecified atom stereocenters. The highest BCUT2D eigenvalue weighted by Crippen LogP contribution is 2.58. The summed E-state index contributed by atoms with van der Waals surface area (Å²) >= 11 is 0.906. The van der Waals surface area contributed by atoms with Crippen LogP contribution in [0.4, 0.5) is 17.6 Å². The van der Waals surface area contributed by atoms with Gasteiger partial charge in [0.05, 0.1) is 6.61 Å². The fraction of sp³-hybridized carbons (Fsp3) is 0.364. The molecular formula is C22H21F4N3O3S. The molecule has 2 aliphatic heterocycles. The van der Waals surface area contributed by atoms with Gasteiger partial charge in [0.25, 0.3) is 5.91 Å². The first-order valence-electron chi connectivity index (χ1n) is 10.1. The largest absolute Gasteiger partial charge is 0.490 e. The minimum atomic E-state index is -1.52. The Hall–Kier alpha value is -2.63. The molecule has 33 heavy (non-hydrogen) atoms. The van der Waals surface area contributed by atoms with Crippen molar-refractivity contribution in [2.45, 2.75) is 24.3 Å². The summed E-state index contributed by atoms with van der Waals surface area (Å²) in [6.07, 6.45) is -0.685. The maximum Gasteiger partial charge on any atom is 0.273 e. The van der Waals surface area contributed by atoms with Gasteiger partial charge in [-0.25, -0.2) is 22.6 Å². The Kier molecular flexibility index (Phi) is 6.39. The summed E-state index contributed by atoms with van der Waals surface area (Å²) in [7, 11) is 1.32. The van der Waals surface area contributed by atoms with Gasteiger partial charge in [-0.15, -0.1) is 0 Å². The van der Waals surface area contributed by atoms with Gasteiger partial charge in [0, 0.05) is 30.2 Å². The molecule has 0 saturated heterocycles. The lowest BCUT2D eigenvalue weighted by Gasteiger charge is -2.45. The first kappa shape index (κ1) is 23.5. The van der Waals surface area contributed by atoms with E-state index in [9.17, 15) is 22.4 Å². The molecule has 6 nitrogen and oxygen atoms in total. The van der Waals surface area contributed by atoms with Crippen LogP contribution in [0.15, 0.2) is 35.4 Å². The van der Waals surface area contributed by atoms with Crippen molar-refractivity contribution in [1.82, 2.24) is 5.01 Å². The molecule has 0 bridgehead atoms. The number of methoxy groups -OCH3 is 1. The standard InChI is InChI=1S/C22H21F4N3O3S/c1-11(31-2)21(30)29-22(33-20(28-29)15-7-13(23)3-4-17(15)25)12(5-6-27)10-32-19-16(22)8-14(24)9-18(19)26/h3-4,7-9,11-12H,5-6,10,27H2,1-2H3/t11-,12-,22+/m0/s1. The van der Waals surface area contributed by atoms with E-state index in [-0.39, 0.29) is 35.1 Å². The number of nitrogens with zero attached hydrogens (tertiary/aromatic N) is 2. The Morgan fingerprint density at radius 2 is 2.03 bits per heavy atom. The number of benzene rings is 2. The van der Waals surface area contributed by atoms with Crippen LogP contribution in [0, 0.1) is 29.2 Å². The molecule has 11 heteroatoms. The second-order valence-corrected chi connectivity index (χ2v) is 8.92. The molecule has 0 radical (unpaired) electrons. The lowest BCUT2D eigenvalue weighted by Crippen LogP contribution is -2.53. The quantitative estimate of drug-likeness (QED) is 0.656. The number of carbonyl (C=O) groups is 1. The van der Waals surface area contributed by atoms with Crippen molar-refractivity contribution in [3.05, 3.63) is 64.7 Å². The summed E-state index contributed by atoms with van der Waals surface area (Å²) < 4.78 is 68.4. The lowest BCUT2D eigenvalue weighted by atomic mass is 9.86. The van der Waals surface area contributed by atoms with Crippen molar-refractivity contribution in [3.63, 3.8) is 0 Å². The summed E-state index contributed by atoms with van der Waals surface area (Å²) in [5.41, 5.74) is 5.63. The molecule has 2 aliphatic rings. The fourth-order valence-corrected chi connectivity index (χ4v) is 5.54. The molecule has 0 aliphatic carbocycles. The molecular weight excluding hydrogens is 462 g/mol. The summed E-state index contributed by atoms with van der Waals surface area (Å²) in [6.45, 7) is 1.61. The molecule has 4 rings (SSSR count). The molecule has 176 valence electrons. The zero-order valence-corrected chi connectivity index (χ0v) is 18.6. The predicted molar refractivity (Wildman–Crippen MR) is 114 cm³/mol. The highest BCUT2D eigenvalue weighted by atomic mass is 32.2. The van der Waals surface area contributed by atoms with Crippen LogP contribution in [0.3, 0.4) is 0 Å². The van der Waals surface area contributed by atoms with E-state index in [0.29, 0.717) is 12.5 Å². The van der Waals surface area contributed by atoms with Crippen molar-refractivity contribution in [1.29, 1.82) is 0 Å². The first-order chi connectivity index (χ1) is 15.7. The number of rotatable bonds is 5. The van der Waals surface area contributed by atoms with Gasteiger partial charge in [0.2, 0.25) is 0 Å². The van der Waals surface area contributed by atoms with Crippen LogP contribution in [0.2, 0.25) is 0 Å². The van der Waals surface area contributed by atoms with Crippen LogP contribution >= 0.6 is 11.8 Å². The van der Waals surface area contributed by atoms with E-state index in [1.165, 1.54) is 14.0 Å². The summed E-state index contributed by atoms with van der Waals surface area (Å²) in [5.74, 6) is -4.75. The van der Waals surface area contributed by atoms with Gasteiger partial charge in [0.1, 0.15) is 28.6 Å². The second-order valence-electron chi connectivity index (χ2n) is 7.71. The van der Waals surface area contributed by atoms with Crippen LogP contribution < -0.4 is 10.5 Å². The van der Waals surface area contributed by atoms with Gasteiger partial charge in [-0.3, -0.25) is 4.79 Å². The molecule has 3 atom stereocenters. The van der Waals surface area contributed by atoms with Crippen molar-refractivity contribution in [2.24, 2.45) is 16.8 Å². The average molecular weight is 483 g/mol. The van der Waals surface area contributed by atoms with Gasteiger partial charge < -0.3 is 15.2 Å². The second kappa shape index (κ2) is 8.96. The summed E-state index contributed by atoms with van der Waals surface area (Å²) in [5, 5.41) is 5.36. The molecule has 0 aromatic heterocycles. The van der Waals surface area contributed by atoms with E-state index in [1.54, 1.807) is 0 Å². The van der Waals surface area contributed by atoms with Gasteiger partial charge in [-0.2, -0.15) is 5.10 Å². The molecule has 2 aromatic rings. The number of halogens is 4. The minimum absolute atomic E-state index is 0.0157. The van der Waals surface area contributed by atoms with Gasteiger partial charge in [-0.05, 0) is 44.2 Å². The van der Waals surface area contributed by atoms with Crippen LogP contribution in [0.5, 0.6) is 5.75 Å². The van der Waals surface area contributed by atoms with Crippen molar-refractivity contribution < 1.29 is 31.8 Å². The van der Waals surface area contributed by atoms with E-state index in [4.69, 9.17) is 15.2 Å². The summed E-state index contributed by atoms with van der Waals surface area (Å²) in [4.78, 5) is 11.8. The van der Waals surface area contributed by atoms with Crippen molar-refractivity contribution in [2.75, 3.05) is 20.3 Å². The number of thioether (sulfide) groups is 1. The normalized spacial score (nSPS) is 22.7. The smallest absolute Gasteiger partial charge is 0.273 e. The SMILES string of the molecule is CO[C@@H](C)C(=O)N1N=C(c2cc(F)ccc2F)S[C@]12c1cc(F)cc(F)c1OC[C@@H]2CCN. The van der Waals surface area contributed by atoms with Crippen LogP contribution in [0.1, 0.15) is 24.5 Å². The van der Waals surface area contributed by atoms with Crippen molar-refractivity contribution in [3.8, 4) is 5.75 Å². The molecule has 0 saturated carbocycles. The Balaban J connectivity index is 1.97. The third-order valence-corrected chi connectivity index (χ3v) is 7.25. The van der Waals surface area contributed by atoms with Crippen LogP contribution in [-0.2, 0) is 14.4 Å². The number of hydrogen-bond acceptors (Lipinski definition) is 6. The minimum Gasteiger partial charge on any atom is -0.490 e. The van der Waals surface area contributed by atoms with E-state index < -0.39 is 46.1 Å². The fourth-order valence-electron chi connectivity index (χ4n) is 4.03. The Bertz CT molecular complexity index is 1130. The Labute approximate surface area is 191 Å². The van der Waals surface area contributed by atoms with E-state index in [2.05, 4.69) is 5.10 Å². The Morgan fingerprint density at radius 1 is 1.27 bits per heavy atom. The van der Waals surface area contributed by atoms with Gasteiger partial charge in [0.15, 0.2) is 16.4 Å². The number of hydrazone groups is 1. The van der Waals surface area contributed by atoms with Crippen LogP contribution in [0.25, 0.3) is 0 Å². The highest BCUT2D eigenvalue weighted by molar-refractivity contribution is 8.15. The van der Waals surface area contributed by atoms with E-state index >= 15 is 0 Å². The number of hydrogen-bond donors (Lipinski definition) is 1. The zero-order valence-electron chi connectivity index (χ0n) is 17.8. The first-order valence-corrected chi connectivity index (χ1v) is 11.0. The molecule has 2 heterocycles. The molecule has 1 spiro atoms. The molecule has 2 aromatic carbocycles. The third-order valence-electron chi connectivity index (χ3n) is 5.72. The maximum atomic E-state index is 14.7. The third kappa shape index (κ3) is 3.87. The zero-order chi connectivity index (χ0) is 23.9. The van der Waals surface area contributed by atoms with Gasteiger partial charge in [-0.1, -0.05) is 11.8 Å². The Morgan fingerprint density at radius 3 is 2.73 bits per heavy atom. The number of nitrogens with two attached hydrogens (primary N) is 1. The van der Waals surface area contributed by atoms with E-state index in [1.807, 2.05) is 0 Å². The highest BCUT2D eigenvalue weighted by Gasteiger charge is 2.58. The lowest BCUT2D eigenvalue weighted by molar-refractivity contribution is -0.147. The van der Waals surface area contributed by atoms with Gasteiger partial charge >= 0.3 is 0 Å². The van der Waals surface area contributed by atoms with Crippen molar-refractivity contribution >= 4 is 22.7 Å². The number of ether oxygens (including phenoxy) is 2. The van der Waals surface area contributed by atoms with Crippen LogP contribution in [-0.4, -0.2) is 42.3 Å². The molecule has 1 amide bonds.